The Morgan fingerprint density at radius 1 is 1.06 bits per heavy atom. The molecule has 0 saturated heterocycles. The van der Waals surface area contributed by atoms with Crippen molar-refractivity contribution in [1.29, 1.82) is 0 Å². The minimum atomic E-state index is -4.73. The summed E-state index contributed by atoms with van der Waals surface area (Å²) in [5.74, 6) is 0.426. The van der Waals surface area contributed by atoms with Gasteiger partial charge in [-0.1, -0.05) is 89.2 Å². The average Bonchev–Trinajstić information content (AvgIpc) is 2.72. The van der Waals surface area contributed by atoms with Crippen LogP contribution in [0.5, 0.6) is 11.5 Å². The van der Waals surface area contributed by atoms with Crippen LogP contribution in [-0.4, -0.2) is 25.1 Å². The highest BCUT2D eigenvalue weighted by Gasteiger charge is 2.39. The average molecular weight is 545 g/mol. The van der Waals surface area contributed by atoms with Crippen molar-refractivity contribution >= 4 is 52.1 Å². The van der Waals surface area contributed by atoms with Gasteiger partial charge in [0.05, 0.1) is 10.0 Å². The minimum Gasteiger partial charge on any atom is -0.489 e. The molecule has 0 saturated carbocycles. The van der Waals surface area contributed by atoms with Crippen molar-refractivity contribution in [3.05, 3.63) is 68.1 Å². The molecule has 0 aliphatic rings. The summed E-state index contributed by atoms with van der Waals surface area (Å²) in [6.07, 6.45) is -1.94. The molecule has 180 valence electrons. The van der Waals surface area contributed by atoms with E-state index in [0.29, 0.717) is 12.2 Å². The van der Waals surface area contributed by atoms with Crippen LogP contribution in [0, 0.1) is 0 Å². The zero-order valence-corrected chi connectivity index (χ0v) is 20.4. The smallest absolute Gasteiger partial charge is 0.437 e. The fourth-order valence-corrected chi connectivity index (χ4v) is 3.26. The maximum Gasteiger partial charge on any atom is 0.437 e. The van der Waals surface area contributed by atoms with E-state index < -0.39 is 11.9 Å². The van der Waals surface area contributed by atoms with Crippen LogP contribution in [0.15, 0.2) is 52.1 Å². The van der Waals surface area contributed by atoms with Gasteiger partial charge in [-0.3, -0.25) is 0 Å². The third-order valence-electron chi connectivity index (χ3n) is 4.12. The van der Waals surface area contributed by atoms with Gasteiger partial charge < -0.3 is 14.3 Å². The van der Waals surface area contributed by atoms with Gasteiger partial charge in [-0.2, -0.15) is 13.2 Å². The number of oxime groups is 1. The number of ether oxygens (including phenoxy) is 2. The molecule has 0 fully saturated rings. The predicted octanol–water partition coefficient (Wildman–Crippen LogP) is 8.35. The summed E-state index contributed by atoms with van der Waals surface area (Å²) in [5, 5.41) is 3.58. The van der Waals surface area contributed by atoms with Crippen LogP contribution in [0.25, 0.3) is 0 Å². The number of rotatable bonds is 11. The first kappa shape index (κ1) is 27.4. The lowest BCUT2D eigenvalue weighted by Crippen LogP contribution is -2.26. The topological polar surface area (TPSA) is 40.0 Å². The van der Waals surface area contributed by atoms with E-state index in [0.717, 1.165) is 6.42 Å². The standard InChI is InChI=1S/C22H20Cl4F3NO3/c1-2-3-9-33-30-21(22(27,28)29)16-7-5-4-6-14(16)13-32-20-17(23)11-15(12-18(20)24)31-10-8-19(25)26/h4-8,11-12H,2-3,9-10,13H2,1H3/b30-21-. The number of halogens is 7. The maximum absolute atomic E-state index is 13.7. The summed E-state index contributed by atoms with van der Waals surface area (Å²) >= 11 is 23.5. The van der Waals surface area contributed by atoms with Gasteiger partial charge in [0.25, 0.3) is 0 Å². The number of alkyl halides is 3. The summed E-state index contributed by atoms with van der Waals surface area (Å²) < 4.78 is 52.1. The van der Waals surface area contributed by atoms with Gasteiger partial charge in [0, 0.05) is 17.7 Å². The van der Waals surface area contributed by atoms with E-state index in [1.807, 2.05) is 6.92 Å². The first-order chi connectivity index (χ1) is 15.6. The van der Waals surface area contributed by atoms with E-state index in [4.69, 9.17) is 60.7 Å². The molecular weight excluding hydrogens is 525 g/mol. The Balaban J connectivity index is 2.23. The van der Waals surface area contributed by atoms with Crippen molar-refractivity contribution in [2.45, 2.75) is 32.5 Å². The molecular formula is C22H20Cl4F3NO3. The molecule has 0 aromatic heterocycles. The third-order valence-corrected chi connectivity index (χ3v) is 4.99. The van der Waals surface area contributed by atoms with Crippen molar-refractivity contribution in [3.8, 4) is 11.5 Å². The Labute approximate surface area is 209 Å². The fraction of sp³-hybridized carbons (Fsp3) is 0.318. The second-order valence-corrected chi connectivity index (χ2v) is 8.41. The molecule has 0 unspecified atom stereocenters. The Bertz CT molecular complexity index is 970. The molecule has 4 nitrogen and oxygen atoms in total. The van der Waals surface area contributed by atoms with E-state index in [-0.39, 0.29) is 51.2 Å². The number of benzene rings is 2. The van der Waals surface area contributed by atoms with Gasteiger partial charge in [0.15, 0.2) is 11.5 Å². The van der Waals surface area contributed by atoms with Gasteiger partial charge in [-0.15, -0.1) is 0 Å². The van der Waals surface area contributed by atoms with E-state index in [1.165, 1.54) is 36.4 Å². The molecule has 33 heavy (non-hydrogen) atoms. The zero-order valence-electron chi connectivity index (χ0n) is 17.4. The normalized spacial score (nSPS) is 11.8. The molecule has 0 aliphatic heterocycles. The monoisotopic (exact) mass is 543 g/mol. The molecule has 0 radical (unpaired) electrons. The maximum atomic E-state index is 13.7. The van der Waals surface area contributed by atoms with Crippen molar-refractivity contribution < 1.29 is 27.5 Å². The molecule has 2 aromatic carbocycles. The van der Waals surface area contributed by atoms with Crippen molar-refractivity contribution in [2.24, 2.45) is 5.16 Å². The zero-order chi connectivity index (χ0) is 24.4. The van der Waals surface area contributed by atoms with Crippen LogP contribution in [0.3, 0.4) is 0 Å². The lowest BCUT2D eigenvalue weighted by Gasteiger charge is -2.16. The molecule has 0 heterocycles. The fourth-order valence-electron chi connectivity index (χ4n) is 2.56. The lowest BCUT2D eigenvalue weighted by atomic mass is 10.0. The van der Waals surface area contributed by atoms with E-state index in [1.54, 1.807) is 6.07 Å². The highest BCUT2D eigenvalue weighted by Crippen LogP contribution is 2.38. The van der Waals surface area contributed by atoms with E-state index >= 15 is 0 Å². The van der Waals surface area contributed by atoms with Gasteiger partial charge in [0.1, 0.15) is 30.1 Å². The second-order valence-electron chi connectivity index (χ2n) is 6.59. The van der Waals surface area contributed by atoms with Crippen LogP contribution in [0.1, 0.15) is 30.9 Å². The molecule has 2 rings (SSSR count). The first-order valence-electron chi connectivity index (χ1n) is 9.74. The van der Waals surface area contributed by atoms with E-state index in [2.05, 4.69) is 5.16 Å². The number of hydrogen-bond acceptors (Lipinski definition) is 4. The lowest BCUT2D eigenvalue weighted by molar-refractivity contribution is -0.0615. The van der Waals surface area contributed by atoms with Gasteiger partial charge in [-0.05, 0) is 18.1 Å². The Kier molecular flexibility index (Phi) is 11.0. The molecule has 0 amide bonds. The minimum absolute atomic E-state index is 0.0448. The van der Waals surface area contributed by atoms with Crippen molar-refractivity contribution in [3.63, 3.8) is 0 Å². The third kappa shape index (κ3) is 8.81. The van der Waals surface area contributed by atoms with Crippen molar-refractivity contribution in [1.82, 2.24) is 0 Å². The first-order valence-corrected chi connectivity index (χ1v) is 11.3. The summed E-state index contributed by atoms with van der Waals surface area (Å²) in [6.45, 7) is 1.82. The van der Waals surface area contributed by atoms with Crippen LogP contribution >= 0.6 is 46.4 Å². The Morgan fingerprint density at radius 3 is 2.33 bits per heavy atom. The predicted molar refractivity (Wildman–Crippen MR) is 126 cm³/mol. The van der Waals surface area contributed by atoms with Crippen LogP contribution < -0.4 is 9.47 Å². The van der Waals surface area contributed by atoms with Crippen LogP contribution in [-0.2, 0) is 11.4 Å². The molecule has 2 aromatic rings. The van der Waals surface area contributed by atoms with Crippen LogP contribution in [0.4, 0.5) is 13.2 Å². The quantitative estimate of drug-likeness (QED) is 0.162. The summed E-state index contributed by atoms with van der Waals surface area (Å²) in [5.41, 5.74) is -1.09. The summed E-state index contributed by atoms with van der Waals surface area (Å²) in [4.78, 5) is 4.88. The molecule has 0 atom stereocenters. The van der Waals surface area contributed by atoms with Gasteiger partial charge in [-0.25, -0.2) is 0 Å². The van der Waals surface area contributed by atoms with Crippen molar-refractivity contribution in [2.75, 3.05) is 13.2 Å². The van der Waals surface area contributed by atoms with Crippen LogP contribution in [0.2, 0.25) is 10.0 Å². The Morgan fingerprint density at radius 2 is 1.73 bits per heavy atom. The molecule has 0 bridgehead atoms. The highest BCUT2D eigenvalue weighted by molar-refractivity contribution is 6.55. The largest absolute Gasteiger partial charge is 0.489 e. The summed E-state index contributed by atoms with van der Waals surface area (Å²) in [6, 6.07) is 8.75. The molecule has 0 N–H and O–H groups in total. The Hall–Kier alpha value is -1.80. The van der Waals surface area contributed by atoms with Gasteiger partial charge >= 0.3 is 6.18 Å². The SMILES string of the molecule is CCCCO/N=C(/c1ccccc1COc1c(Cl)cc(OCC=C(Cl)Cl)cc1Cl)C(F)(F)F. The highest BCUT2D eigenvalue weighted by atomic mass is 35.5. The second kappa shape index (κ2) is 13.2. The molecule has 11 heteroatoms. The summed E-state index contributed by atoms with van der Waals surface area (Å²) in [7, 11) is 0. The number of unbranched alkanes of at least 4 members (excludes halogenated alkanes) is 1. The number of hydrogen-bond donors (Lipinski definition) is 0. The molecule has 0 aliphatic carbocycles. The number of nitrogens with zero attached hydrogens (tertiary/aromatic N) is 1. The van der Waals surface area contributed by atoms with Gasteiger partial charge in [0.2, 0.25) is 0 Å². The van der Waals surface area contributed by atoms with E-state index in [9.17, 15) is 13.2 Å². The molecule has 0 spiro atoms.